The second kappa shape index (κ2) is 5.33. The topological polar surface area (TPSA) is 52.6 Å². The highest BCUT2D eigenvalue weighted by molar-refractivity contribution is 5.82. The van der Waals surface area contributed by atoms with Crippen LogP contribution in [0.2, 0.25) is 0 Å². The zero-order valence-electron chi connectivity index (χ0n) is 8.97. The van der Waals surface area contributed by atoms with Crippen LogP contribution in [0, 0.1) is 0 Å². The van der Waals surface area contributed by atoms with E-state index in [1.165, 1.54) is 0 Å². The largest absolute Gasteiger partial charge is 0.483 e. The number of rotatable bonds is 5. The molecule has 0 radical (unpaired) electrons. The summed E-state index contributed by atoms with van der Waals surface area (Å²) in [6.07, 6.45) is -12.1. The van der Waals surface area contributed by atoms with Crippen LogP contribution in [0.5, 0.6) is 0 Å². The first kappa shape index (κ1) is 17.0. The van der Waals surface area contributed by atoms with Crippen molar-refractivity contribution in [2.24, 2.45) is 0 Å². The molecule has 19 heavy (non-hydrogen) atoms. The predicted octanol–water partition coefficient (Wildman–Crippen LogP) is 2.27. The molecule has 0 rings (SSSR count). The molecule has 0 aliphatic rings. The molecule has 0 aromatic carbocycles. The van der Waals surface area contributed by atoms with Crippen molar-refractivity contribution in [3.63, 3.8) is 0 Å². The molecule has 0 saturated carbocycles. The van der Waals surface area contributed by atoms with Crippen molar-refractivity contribution >= 4 is 11.9 Å². The monoisotopic (exact) mass is 292 g/mol. The number of alkyl halides is 6. The average Bonchev–Trinajstić information content (AvgIpc) is 2.26. The Morgan fingerprint density at radius 3 is 1.53 bits per heavy atom. The standard InChI is InChI=1S/C9H6F6O4/c1-3-5(16)18-7(10,8(11,12)13)9(14,15)19-6(17)4-2/h3-4H,1-2H2. The van der Waals surface area contributed by atoms with Gasteiger partial charge in [-0.1, -0.05) is 13.2 Å². The molecule has 1 unspecified atom stereocenters. The molecular weight excluding hydrogens is 286 g/mol. The molecular formula is C9H6F6O4. The summed E-state index contributed by atoms with van der Waals surface area (Å²) in [7, 11) is 0. The van der Waals surface area contributed by atoms with Crippen LogP contribution < -0.4 is 0 Å². The highest BCUT2D eigenvalue weighted by Gasteiger charge is 2.78. The van der Waals surface area contributed by atoms with Crippen molar-refractivity contribution in [3.8, 4) is 0 Å². The van der Waals surface area contributed by atoms with Crippen LogP contribution in [0.1, 0.15) is 0 Å². The third-order valence-corrected chi connectivity index (χ3v) is 1.54. The van der Waals surface area contributed by atoms with E-state index in [-0.39, 0.29) is 12.2 Å². The second-order valence-corrected chi connectivity index (χ2v) is 2.86. The van der Waals surface area contributed by atoms with Crippen molar-refractivity contribution in [1.29, 1.82) is 0 Å². The number of halogens is 6. The Balaban J connectivity index is 5.58. The van der Waals surface area contributed by atoms with E-state index in [1.807, 2.05) is 0 Å². The van der Waals surface area contributed by atoms with Crippen LogP contribution in [0.25, 0.3) is 0 Å². The molecule has 0 saturated heterocycles. The molecule has 0 fully saturated rings. The molecule has 10 heteroatoms. The minimum absolute atomic E-state index is 0.0193. The van der Waals surface area contributed by atoms with Gasteiger partial charge in [0.25, 0.3) is 0 Å². The number of carbonyl (C=O) groups is 2. The molecule has 0 aliphatic heterocycles. The molecule has 0 N–H and O–H groups in total. The summed E-state index contributed by atoms with van der Waals surface area (Å²) >= 11 is 0. The molecule has 0 amide bonds. The van der Waals surface area contributed by atoms with Crippen LogP contribution in [-0.2, 0) is 19.1 Å². The molecule has 4 nitrogen and oxygen atoms in total. The quantitative estimate of drug-likeness (QED) is 0.443. The van der Waals surface area contributed by atoms with Gasteiger partial charge in [0.05, 0.1) is 0 Å². The van der Waals surface area contributed by atoms with Gasteiger partial charge in [-0.2, -0.15) is 26.3 Å². The average molecular weight is 292 g/mol. The highest BCUT2D eigenvalue weighted by atomic mass is 19.4. The summed E-state index contributed by atoms with van der Waals surface area (Å²) < 4.78 is 82.0. The summed E-state index contributed by atoms with van der Waals surface area (Å²) in [5.74, 6) is -10.0. The normalized spacial score (nSPS) is 15.1. The summed E-state index contributed by atoms with van der Waals surface area (Å²) in [5, 5.41) is 0. The first-order chi connectivity index (χ1) is 8.41. The first-order valence-corrected chi connectivity index (χ1v) is 4.25. The number of carbonyl (C=O) groups excluding carboxylic acids is 2. The zero-order valence-corrected chi connectivity index (χ0v) is 8.97. The Labute approximate surface area is 102 Å². The van der Waals surface area contributed by atoms with Gasteiger partial charge < -0.3 is 9.47 Å². The van der Waals surface area contributed by atoms with Crippen LogP contribution in [-0.4, -0.2) is 30.1 Å². The minimum Gasteiger partial charge on any atom is -0.409 e. The maximum absolute atomic E-state index is 13.3. The van der Waals surface area contributed by atoms with Gasteiger partial charge in [-0.25, -0.2) is 9.59 Å². The van der Waals surface area contributed by atoms with E-state index in [1.54, 1.807) is 0 Å². The highest BCUT2D eigenvalue weighted by Crippen LogP contribution is 2.47. The fourth-order valence-electron chi connectivity index (χ4n) is 0.696. The molecule has 0 aromatic rings. The molecule has 108 valence electrons. The van der Waals surface area contributed by atoms with E-state index in [4.69, 9.17) is 0 Å². The molecule has 0 aromatic heterocycles. The van der Waals surface area contributed by atoms with E-state index in [2.05, 4.69) is 22.6 Å². The van der Waals surface area contributed by atoms with Gasteiger partial charge in [-0.15, -0.1) is 0 Å². The van der Waals surface area contributed by atoms with Gasteiger partial charge in [0.1, 0.15) is 0 Å². The van der Waals surface area contributed by atoms with Crippen molar-refractivity contribution in [3.05, 3.63) is 25.3 Å². The van der Waals surface area contributed by atoms with Crippen molar-refractivity contribution in [1.82, 2.24) is 0 Å². The van der Waals surface area contributed by atoms with Gasteiger partial charge in [0, 0.05) is 12.2 Å². The Bertz CT molecular complexity index is 402. The first-order valence-electron chi connectivity index (χ1n) is 4.25. The molecule has 0 spiro atoms. The van der Waals surface area contributed by atoms with E-state index in [9.17, 15) is 35.9 Å². The molecule has 1 atom stereocenters. The van der Waals surface area contributed by atoms with Crippen LogP contribution in [0.3, 0.4) is 0 Å². The number of hydrogen-bond donors (Lipinski definition) is 0. The van der Waals surface area contributed by atoms with Crippen LogP contribution in [0.4, 0.5) is 26.3 Å². The number of ether oxygens (including phenoxy) is 2. The lowest BCUT2D eigenvalue weighted by atomic mass is 10.2. The molecule has 0 bridgehead atoms. The lowest BCUT2D eigenvalue weighted by molar-refractivity contribution is -0.435. The summed E-state index contributed by atoms with van der Waals surface area (Å²) in [6.45, 7) is 5.24. The summed E-state index contributed by atoms with van der Waals surface area (Å²) in [4.78, 5) is 20.9. The second-order valence-electron chi connectivity index (χ2n) is 2.86. The van der Waals surface area contributed by atoms with Crippen LogP contribution >= 0.6 is 0 Å². The summed E-state index contributed by atoms with van der Waals surface area (Å²) in [5.41, 5.74) is 0. The Morgan fingerprint density at radius 2 is 1.21 bits per heavy atom. The SMILES string of the molecule is C=CC(=O)OC(F)(F)C(F)(OC(=O)C=C)C(F)(F)F. The fourth-order valence-corrected chi connectivity index (χ4v) is 0.696. The Morgan fingerprint density at radius 1 is 0.842 bits per heavy atom. The van der Waals surface area contributed by atoms with Gasteiger partial charge >= 0.3 is 30.1 Å². The molecule has 0 aliphatic carbocycles. The zero-order chi connectivity index (χ0) is 15.5. The van der Waals surface area contributed by atoms with Gasteiger partial charge in [0.15, 0.2) is 0 Å². The lowest BCUT2D eigenvalue weighted by Gasteiger charge is -2.31. The van der Waals surface area contributed by atoms with E-state index in [0.29, 0.717) is 0 Å². The predicted molar refractivity (Wildman–Crippen MR) is 47.4 cm³/mol. The van der Waals surface area contributed by atoms with Gasteiger partial charge in [-0.3, -0.25) is 0 Å². The van der Waals surface area contributed by atoms with Gasteiger partial charge in [-0.05, 0) is 0 Å². The lowest BCUT2D eigenvalue weighted by Crippen LogP contribution is -2.59. The Hall–Kier alpha value is -2.00. The maximum Gasteiger partial charge on any atom is 0.483 e. The van der Waals surface area contributed by atoms with Crippen molar-refractivity contribution in [2.75, 3.05) is 0 Å². The van der Waals surface area contributed by atoms with E-state index >= 15 is 0 Å². The van der Waals surface area contributed by atoms with Crippen molar-refractivity contribution in [2.45, 2.75) is 18.1 Å². The van der Waals surface area contributed by atoms with E-state index < -0.39 is 30.1 Å². The van der Waals surface area contributed by atoms with Crippen LogP contribution in [0.15, 0.2) is 25.3 Å². The Kier molecular flexibility index (Phi) is 4.76. The smallest absolute Gasteiger partial charge is 0.409 e. The van der Waals surface area contributed by atoms with E-state index in [0.717, 1.165) is 0 Å². The third-order valence-electron chi connectivity index (χ3n) is 1.54. The third kappa shape index (κ3) is 3.48. The minimum atomic E-state index is -6.36. The fraction of sp³-hybridized carbons (Fsp3) is 0.333. The van der Waals surface area contributed by atoms with Gasteiger partial charge in [0.2, 0.25) is 0 Å². The van der Waals surface area contributed by atoms with Crippen molar-refractivity contribution < 1.29 is 45.4 Å². The number of esters is 2. The maximum atomic E-state index is 13.3. The molecule has 0 heterocycles. The number of hydrogen-bond acceptors (Lipinski definition) is 4. The summed E-state index contributed by atoms with van der Waals surface area (Å²) in [6, 6.07) is 0.